The van der Waals surface area contributed by atoms with Crippen LogP contribution in [0.25, 0.3) is 0 Å². The molecule has 0 saturated carbocycles. The van der Waals surface area contributed by atoms with Crippen LogP contribution in [0.5, 0.6) is 0 Å². The zero-order valence-electron chi connectivity index (χ0n) is 19.4. The molecular weight excluding hydrogens is 481 g/mol. The van der Waals surface area contributed by atoms with E-state index >= 15 is 0 Å². The summed E-state index contributed by atoms with van der Waals surface area (Å²) < 4.78 is 46.7. The molecule has 35 heavy (non-hydrogen) atoms. The van der Waals surface area contributed by atoms with Crippen LogP contribution < -0.4 is 11.1 Å². The van der Waals surface area contributed by atoms with E-state index in [9.17, 15) is 18.3 Å². The molecule has 2 aliphatic rings. The second kappa shape index (κ2) is 10.2. The SMILES string of the molecule is CC(OC1=C(N)N=CC(c2ccc(C3CNC[C@H](O)C3)nc2)C1C)c1cc(Cl)ccc1C(F)(F)F. The number of alkyl halides is 3. The lowest BCUT2D eigenvalue weighted by molar-refractivity contribution is -0.139. The highest BCUT2D eigenvalue weighted by Gasteiger charge is 2.36. The number of β-amino-alcohol motifs (C(OH)–C–C–N with tert-alkyl or cyclic N) is 1. The van der Waals surface area contributed by atoms with Crippen molar-refractivity contribution in [2.75, 3.05) is 13.1 Å². The summed E-state index contributed by atoms with van der Waals surface area (Å²) >= 11 is 5.98. The molecule has 0 spiro atoms. The molecule has 2 aliphatic heterocycles. The normalized spacial score (nSPS) is 26.0. The van der Waals surface area contributed by atoms with Crippen molar-refractivity contribution in [2.45, 2.75) is 50.5 Å². The van der Waals surface area contributed by atoms with Crippen LogP contribution in [-0.2, 0) is 10.9 Å². The van der Waals surface area contributed by atoms with Gasteiger partial charge in [-0.2, -0.15) is 13.2 Å². The van der Waals surface area contributed by atoms with Gasteiger partial charge >= 0.3 is 6.18 Å². The first-order chi connectivity index (χ1) is 16.5. The molecule has 6 nitrogen and oxygen atoms in total. The Morgan fingerprint density at radius 2 is 2.00 bits per heavy atom. The number of pyridine rings is 1. The Kier molecular flexibility index (Phi) is 7.40. The predicted octanol–water partition coefficient (Wildman–Crippen LogP) is 4.90. The molecule has 0 amide bonds. The van der Waals surface area contributed by atoms with E-state index in [4.69, 9.17) is 22.1 Å². The van der Waals surface area contributed by atoms with Crippen LogP contribution in [0, 0.1) is 5.92 Å². The molecule has 3 heterocycles. The Labute approximate surface area is 207 Å². The van der Waals surface area contributed by atoms with Crippen LogP contribution in [0.3, 0.4) is 0 Å². The van der Waals surface area contributed by atoms with Crippen LogP contribution in [-0.4, -0.2) is 35.5 Å². The van der Waals surface area contributed by atoms with Crippen LogP contribution in [0.1, 0.15) is 60.6 Å². The van der Waals surface area contributed by atoms with Crippen molar-refractivity contribution in [1.82, 2.24) is 10.3 Å². The van der Waals surface area contributed by atoms with Crippen LogP contribution >= 0.6 is 11.6 Å². The van der Waals surface area contributed by atoms with Crippen molar-refractivity contribution in [1.29, 1.82) is 0 Å². The summed E-state index contributed by atoms with van der Waals surface area (Å²) in [5.41, 5.74) is 6.98. The van der Waals surface area contributed by atoms with Gasteiger partial charge in [0.05, 0.1) is 11.7 Å². The average Bonchev–Trinajstić information content (AvgIpc) is 2.81. The fourth-order valence-corrected chi connectivity index (χ4v) is 4.85. The first-order valence-corrected chi connectivity index (χ1v) is 11.8. The van der Waals surface area contributed by atoms with Gasteiger partial charge in [-0.15, -0.1) is 0 Å². The predicted molar refractivity (Wildman–Crippen MR) is 128 cm³/mol. The second-order valence-corrected chi connectivity index (χ2v) is 9.53. The Morgan fingerprint density at radius 1 is 1.23 bits per heavy atom. The topological polar surface area (TPSA) is 92.8 Å². The number of aliphatic imine (C=N–C) groups is 1. The lowest BCUT2D eigenvalue weighted by Crippen LogP contribution is -2.38. The second-order valence-electron chi connectivity index (χ2n) is 9.09. The fraction of sp³-hybridized carbons (Fsp3) is 0.440. The van der Waals surface area contributed by atoms with Crippen LogP contribution in [0.4, 0.5) is 13.2 Å². The Bertz CT molecular complexity index is 1120. The van der Waals surface area contributed by atoms with Gasteiger partial charge in [0, 0.05) is 59.5 Å². The van der Waals surface area contributed by atoms with Crippen molar-refractivity contribution in [2.24, 2.45) is 16.6 Å². The largest absolute Gasteiger partial charge is 0.486 e. The molecule has 10 heteroatoms. The van der Waals surface area contributed by atoms with Crippen molar-refractivity contribution in [3.8, 4) is 0 Å². The Balaban J connectivity index is 1.53. The molecule has 188 valence electrons. The van der Waals surface area contributed by atoms with Crippen molar-refractivity contribution in [3.05, 3.63) is 75.5 Å². The number of nitrogens with one attached hydrogen (secondary N) is 1. The molecule has 5 atom stereocenters. The smallest absolute Gasteiger partial charge is 0.416 e. The number of rotatable bonds is 5. The van der Waals surface area contributed by atoms with Gasteiger partial charge in [-0.3, -0.25) is 4.98 Å². The lowest BCUT2D eigenvalue weighted by Gasteiger charge is -2.30. The minimum Gasteiger partial charge on any atom is -0.486 e. The van der Waals surface area contributed by atoms with Crippen molar-refractivity contribution in [3.63, 3.8) is 0 Å². The van der Waals surface area contributed by atoms with Crippen molar-refractivity contribution >= 4 is 17.8 Å². The molecule has 0 aliphatic carbocycles. The Morgan fingerprint density at radius 3 is 2.66 bits per heavy atom. The van der Waals surface area contributed by atoms with Gasteiger partial charge in [-0.05, 0) is 43.2 Å². The summed E-state index contributed by atoms with van der Waals surface area (Å²) in [5.74, 6) is 0.0720. The third kappa shape index (κ3) is 5.63. The number of benzene rings is 1. The molecule has 2 aromatic rings. The van der Waals surface area contributed by atoms with Gasteiger partial charge in [0.15, 0.2) is 5.82 Å². The van der Waals surface area contributed by atoms with E-state index in [1.54, 1.807) is 12.4 Å². The van der Waals surface area contributed by atoms with Crippen molar-refractivity contribution < 1.29 is 23.0 Å². The molecule has 4 unspecified atom stereocenters. The minimum absolute atomic E-state index is 0.0714. The van der Waals surface area contributed by atoms with E-state index in [0.717, 1.165) is 23.9 Å². The zero-order chi connectivity index (χ0) is 25.3. The van der Waals surface area contributed by atoms with Gasteiger partial charge in [0.1, 0.15) is 11.9 Å². The number of piperidine rings is 1. The maximum atomic E-state index is 13.6. The van der Waals surface area contributed by atoms with Gasteiger partial charge in [-0.25, -0.2) is 4.99 Å². The first-order valence-electron chi connectivity index (χ1n) is 11.5. The highest BCUT2D eigenvalue weighted by Crippen LogP contribution is 2.40. The number of aromatic nitrogens is 1. The monoisotopic (exact) mass is 508 g/mol. The standard InChI is InChI=1S/C25H28ClF3N4O2/c1-13-20(15-3-6-22(32-10-15)16-7-18(34)11-31-9-16)12-33-24(30)23(13)35-14(2)19-8-17(26)4-5-21(19)25(27,28)29/h3-6,8,10,12-14,16,18,20,31,34H,7,9,11,30H2,1-2H3/t13?,14?,16?,18-,20?/m1/s1. The van der Waals surface area contributed by atoms with E-state index in [0.29, 0.717) is 18.7 Å². The number of hydrogen-bond acceptors (Lipinski definition) is 6. The highest BCUT2D eigenvalue weighted by atomic mass is 35.5. The fourth-order valence-electron chi connectivity index (χ4n) is 4.67. The summed E-state index contributed by atoms with van der Waals surface area (Å²) in [6.07, 6.45) is -1.77. The van der Waals surface area contributed by atoms with E-state index in [1.807, 2.05) is 19.1 Å². The van der Waals surface area contributed by atoms with Crippen LogP contribution in [0.15, 0.2) is 53.1 Å². The third-order valence-corrected chi connectivity index (χ3v) is 6.81. The molecular formula is C25H28ClF3N4O2. The number of nitrogens with two attached hydrogens (primary N) is 1. The molecule has 0 bridgehead atoms. The number of aliphatic hydroxyl groups excluding tert-OH is 1. The first kappa shape index (κ1) is 25.5. The summed E-state index contributed by atoms with van der Waals surface area (Å²) in [7, 11) is 0. The average molecular weight is 509 g/mol. The number of nitrogens with zero attached hydrogens (tertiary/aromatic N) is 2. The number of hydrogen-bond donors (Lipinski definition) is 3. The highest BCUT2D eigenvalue weighted by molar-refractivity contribution is 6.30. The summed E-state index contributed by atoms with van der Waals surface area (Å²) in [5, 5.41) is 13.3. The summed E-state index contributed by atoms with van der Waals surface area (Å²) in [6, 6.07) is 7.32. The molecule has 1 fully saturated rings. The number of ether oxygens (including phenoxy) is 1. The molecule has 4 N–H and O–H groups in total. The van der Waals surface area contributed by atoms with Gasteiger partial charge in [0.25, 0.3) is 0 Å². The minimum atomic E-state index is -4.55. The van der Waals surface area contributed by atoms with E-state index in [1.165, 1.54) is 19.1 Å². The third-order valence-electron chi connectivity index (χ3n) is 6.58. The molecule has 1 aromatic heterocycles. The maximum absolute atomic E-state index is 13.6. The molecule has 0 radical (unpaired) electrons. The molecule has 4 rings (SSSR count). The van der Waals surface area contributed by atoms with Gasteiger partial charge in [-0.1, -0.05) is 24.6 Å². The quantitative estimate of drug-likeness (QED) is 0.534. The zero-order valence-corrected chi connectivity index (χ0v) is 20.1. The van der Waals surface area contributed by atoms with Gasteiger partial charge < -0.3 is 20.9 Å². The van der Waals surface area contributed by atoms with E-state index in [-0.39, 0.29) is 34.2 Å². The number of halogens is 4. The Hall–Kier alpha value is -2.62. The summed E-state index contributed by atoms with van der Waals surface area (Å²) in [4.78, 5) is 8.87. The van der Waals surface area contributed by atoms with Gasteiger partial charge in [0.2, 0.25) is 0 Å². The van der Waals surface area contributed by atoms with Crippen LogP contribution in [0.2, 0.25) is 5.02 Å². The van der Waals surface area contributed by atoms with E-state index < -0.39 is 23.9 Å². The molecule has 1 aromatic carbocycles. The molecule has 1 saturated heterocycles. The number of allylic oxidation sites excluding steroid dienone is 1. The number of aliphatic hydroxyl groups is 1. The summed E-state index contributed by atoms with van der Waals surface area (Å²) in [6.45, 7) is 4.76. The lowest BCUT2D eigenvalue weighted by atomic mass is 9.85. The van der Waals surface area contributed by atoms with E-state index in [2.05, 4.69) is 15.3 Å². The maximum Gasteiger partial charge on any atom is 0.416 e.